The maximum atomic E-state index is 10.8. The average Bonchev–Trinajstić information content (AvgIpc) is 2.19. The smallest absolute Gasteiger partial charge is 0.335 e. The van der Waals surface area contributed by atoms with Crippen LogP contribution in [-0.4, -0.2) is 17.0 Å². The largest absolute Gasteiger partial charge is 0.478 e. The van der Waals surface area contributed by atoms with Gasteiger partial charge in [0.25, 0.3) is 0 Å². The van der Waals surface area contributed by atoms with Crippen molar-refractivity contribution in [2.45, 2.75) is 13.3 Å². The zero-order chi connectivity index (χ0) is 12.1. The summed E-state index contributed by atoms with van der Waals surface area (Å²) in [5.41, 5.74) is 6.34. The Labute approximate surface area is 93.1 Å². The van der Waals surface area contributed by atoms with Gasteiger partial charge in [-0.05, 0) is 24.6 Å². The highest BCUT2D eigenvalue weighted by Crippen LogP contribution is 2.12. The normalized spacial score (nSPS) is 9.06. The lowest BCUT2D eigenvalue weighted by molar-refractivity contribution is -0.117. The van der Waals surface area contributed by atoms with Crippen LogP contribution in [0, 0.1) is 18.8 Å². The maximum Gasteiger partial charge on any atom is 0.335 e. The van der Waals surface area contributed by atoms with Gasteiger partial charge in [-0.3, -0.25) is 4.79 Å². The van der Waals surface area contributed by atoms with Gasteiger partial charge in [0, 0.05) is 5.56 Å². The number of amides is 1. The molecule has 1 rings (SSSR count). The van der Waals surface area contributed by atoms with E-state index in [1.807, 2.05) is 0 Å². The van der Waals surface area contributed by atoms with Crippen molar-refractivity contribution in [3.63, 3.8) is 0 Å². The van der Waals surface area contributed by atoms with E-state index in [2.05, 4.69) is 11.8 Å². The lowest BCUT2D eigenvalue weighted by atomic mass is 10.0. The third-order valence-electron chi connectivity index (χ3n) is 2.05. The molecule has 0 aliphatic carbocycles. The molecule has 0 fully saturated rings. The van der Waals surface area contributed by atoms with Crippen LogP contribution in [0.25, 0.3) is 0 Å². The summed E-state index contributed by atoms with van der Waals surface area (Å²) in [5, 5.41) is 8.88. The number of carbonyl (C=O) groups is 2. The van der Waals surface area contributed by atoms with E-state index in [0.29, 0.717) is 11.1 Å². The van der Waals surface area contributed by atoms with Gasteiger partial charge in [0.15, 0.2) is 0 Å². The third-order valence-corrected chi connectivity index (χ3v) is 2.05. The van der Waals surface area contributed by atoms with Crippen LogP contribution in [0.5, 0.6) is 0 Å². The van der Waals surface area contributed by atoms with Crippen LogP contribution in [0.15, 0.2) is 18.2 Å². The molecule has 0 unspecified atom stereocenters. The summed E-state index contributed by atoms with van der Waals surface area (Å²) in [6.07, 6.45) is -0.0310. The molecule has 16 heavy (non-hydrogen) atoms. The number of carboxylic acids is 1. The first-order valence-corrected chi connectivity index (χ1v) is 4.62. The van der Waals surface area contributed by atoms with E-state index in [0.717, 1.165) is 0 Å². The molecule has 0 bridgehead atoms. The van der Waals surface area contributed by atoms with E-state index in [4.69, 9.17) is 10.8 Å². The number of benzene rings is 1. The van der Waals surface area contributed by atoms with Crippen molar-refractivity contribution in [3.8, 4) is 11.8 Å². The molecule has 1 aromatic carbocycles. The minimum Gasteiger partial charge on any atom is -0.478 e. The molecule has 4 nitrogen and oxygen atoms in total. The van der Waals surface area contributed by atoms with Gasteiger partial charge in [0.05, 0.1) is 12.0 Å². The summed E-state index contributed by atoms with van der Waals surface area (Å²) in [7, 11) is 0. The second-order valence-electron chi connectivity index (χ2n) is 3.23. The average molecular weight is 217 g/mol. The molecule has 0 atom stereocenters. The number of carboxylic acid groups (broad SMARTS) is 1. The molecule has 4 heteroatoms. The summed E-state index contributed by atoms with van der Waals surface area (Å²) in [6.45, 7) is 1.68. The van der Waals surface area contributed by atoms with Crippen LogP contribution in [0.3, 0.4) is 0 Å². The van der Waals surface area contributed by atoms with E-state index >= 15 is 0 Å². The number of aromatic carboxylic acids is 1. The van der Waals surface area contributed by atoms with Crippen molar-refractivity contribution in [2.24, 2.45) is 5.73 Å². The maximum absolute atomic E-state index is 10.8. The van der Waals surface area contributed by atoms with Crippen molar-refractivity contribution in [1.29, 1.82) is 0 Å². The van der Waals surface area contributed by atoms with E-state index in [-0.39, 0.29) is 12.0 Å². The molecule has 0 saturated heterocycles. The number of nitrogens with two attached hydrogens (primary N) is 1. The first-order chi connectivity index (χ1) is 7.52. The molecule has 0 aromatic heterocycles. The molecule has 0 spiro atoms. The van der Waals surface area contributed by atoms with Gasteiger partial charge >= 0.3 is 5.97 Å². The molecule has 1 aromatic rings. The van der Waals surface area contributed by atoms with E-state index in [9.17, 15) is 9.59 Å². The number of primary amides is 1. The number of rotatable bonds is 2. The predicted octanol–water partition coefficient (Wildman–Crippen LogP) is 0.920. The number of hydrogen-bond donors (Lipinski definition) is 2. The Morgan fingerprint density at radius 2 is 2.12 bits per heavy atom. The molecule has 82 valence electrons. The van der Waals surface area contributed by atoms with Crippen LogP contribution >= 0.6 is 0 Å². The highest BCUT2D eigenvalue weighted by molar-refractivity contribution is 5.90. The van der Waals surface area contributed by atoms with Crippen LogP contribution in [0.2, 0.25) is 0 Å². The fraction of sp³-hybridized carbons (Fsp3) is 0.167. The number of carbonyl (C=O) groups excluding carboxylic acids is 1. The second-order valence-corrected chi connectivity index (χ2v) is 3.23. The molecule has 0 heterocycles. The molecule has 1 amide bonds. The fourth-order valence-electron chi connectivity index (χ4n) is 1.23. The summed E-state index contributed by atoms with van der Waals surface area (Å²) in [5.74, 6) is 3.83. The number of hydrogen-bond acceptors (Lipinski definition) is 2. The van der Waals surface area contributed by atoms with Gasteiger partial charge < -0.3 is 10.8 Å². The monoisotopic (exact) mass is 217 g/mol. The van der Waals surface area contributed by atoms with Crippen molar-refractivity contribution in [1.82, 2.24) is 0 Å². The fourth-order valence-corrected chi connectivity index (χ4v) is 1.23. The first-order valence-electron chi connectivity index (χ1n) is 4.62. The Balaban J connectivity index is 3.05. The topological polar surface area (TPSA) is 80.4 Å². The predicted molar refractivity (Wildman–Crippen MR) is 58.8 cm³/mol. The molecule has 3 N–H and O–H groups in total. The van der Waals surface area contributed by atoms with Gasteiger partial charge in [-0.25, -0.2) is 4.79 Å². The van der Waals surface area contributed by atoms with Gasteiger partial charge in [-0.15, -0.1) is 0 Å². The van der Waals surface area contributed by atoms with Crippen LogP contribution in [-0.2, 0) is 4.79 Å². The van der Waals surface area contributed by atoms with E-state index in [1.54, 1.807) is 19.1 Å². The van der Waals surface area contributed by atoms with Gasteiger partial charge in [-0.1, -0.05) is 17.9 Å². The summed E-state index contributed by atoms with van der Waals surface area (Å²) < 4.78 is 0. The molecule has 0 radical (unpaired) electrons. The van der Waals surface area contributed by atoms with Crippen molar-refractivity contribution < 1.29 is 14.7 Å². The quantitative estimate of drug-likeness (QED) is 0.723. The third kappa shape index (κ3) is 2.85. The lowest BCUT2D eigenvalue weighted by Crippen LogP contribution is -2.08. The van der Waals surface area contributed by atoms with Gasteiger partial charge in [0.1, 0.15) is 0 Å². The van der Waals surface area contributed by atoms with Crippen LogP contribution in [0.1, 0.15) is 27.9 Å². The SMILES string of the molecule is Cc1c(C#CCC(N)=O)cccc1C(=O)O. The van der Waals surface area contributed by atoms with Crippen molar-refractivity contribution in [3.05, 3.63) is 34.9 Å². The van der Waals surface area contributed by atoms with Crippen LogP contribution in [0.4, 0.5) is 0 Å². The van der Waals surface area contributed by atoms with Crippen molar-refractivity contribution >= 4 is 11.9 Å². The van der Waals surface area contributed by atoms with Crippen molar-refractivity contribution in [2.75, 3.05) is 0 Å². The Bertz CT molecular complexity index is 495. The first kappa shape index (κ1) is 11.8. The molecular formula is C12H11NO3. The van der Waals surface area contributed by atoms with Gasteiger partial charge in [0.2, 0.25) is 5.91 Å². The van der Waals surface area contributed by atoms with E-state index < -0.39 is 11.9 Å². The summed E-state index contributed by atoms with van der Waals surface area (Å²) in [6, 6.07) is 4.83. The van der Waals surface area contributed by atoms with E-state index in [1.165, 1.54) is 6.07 Å². The standard InChI is InChI=1S/C12H11NO3/c1-8-9(5-3-7-11(13)14)4-2-6-10(8)12(15)16/h2,4,6H,7H2,1H3,(H2,13,14)(H,15,16). The Morgan fingerprint density at radius 3 is 2.69 bits per heavy atom. The molecular weight excluding hydrogens is 206 g/mol. The lowest BCUT2D eigenvalue weighted by Gasteiger charge is -2.02. The minimum absolute atomic E-state index is 0.0310. The zero-order valence-corrected chi connectivity index (χ0v) is 8.78. The molecule has 0 aliphatic heterocycles. The summed E-state index contributed by atoms with van der Waals surface area (Å²) in [4.78, 5) is 21.3. The summed E-state index contributed by atoms with van der Waals surface area (Å²) >= 11 is 0. The molecule has 0 aliphatic rings. The van der Waals surface area contributed by atoms with Gasteiger partial charge in [-0.2, -0.15) is 0 Å². The minimum atomic E-state index is -0.990. The highest BCUT2D eigenvalue weighted by atomic mass is 16.4. The Hall–Kier alpha value is -2.28. The molecule has 0 saturated carbocycles. The Morgan fingerprint density at radius 1 is 1.44 bits per heavy atom. The van der Waals surface area contributed by atoms with Crippen LogP contribution < -0.4 is 5.73 Å². The zero-order valence-electron chi connectivity index (χ0n) is 8.78. The second kappa shape index (κ2) is 4.99. The highest BCUT2D eigenvalue weighted by Gasteiger charge is 2.08. The Kier molecular flexibility index (Phi) is 3.67.